The SMILES string of the molecule is COc1cc(COC(=O)C(C)(C)C)cc(OC)c1. The van der Waals surface area contributed by atoms with Crippen LogP contribution in [-0.4, -0.2) is 20.2 Å². The van der Waals surface area contributed by atoms with E-state index in [-0.39, 0.29) is 12.6 Å². The molecule has 0 saturated carbocycles. The summed E-state index contributed by atoms with van der Waals surface area (Å²) >= 11 is 0. The Hall–Kier alpha value is -1.71. The van der Waals surface area contributed by atoms with Gasteiger partial charge in [-0.3, -0.25) is 4.79 Å². The molecule has 0 amide bonds. The van der Waals surface area contributed by atoms with Gasteiger partial charge < -0.3 is 14.2 Å². The Balaban J connectivity index is 2.76. The monoisotopic (exact) mass is 252 g/mol. The molecule has 0 N–H and O–H groups in total. The van der Waals surface area contributed by atoms with E-state index in [4.69, 9.17) is 14.2 Å². The van der Waals surface area contributed by atoms with Gasteiger partial charge in [0.2, 0.25) is 0 Å². The Bertz CT molecular complexity index is 396. The summed E-state index contributed by atoms with van der Waals surface area (Å²) in [4.78, 5) is 11.7. The van der Waals surface area contributed by atoms with Gasteiger partial charge in [0.05, 0.1) is 19.6 Å². The first-order valence-electron chi connectivity index (χ1n) is 5.76. The van der Waals surface area contributed by atoms with Crippen LogP contribution in [0.1, 0.15) is 26.3 Å². The second-order valence-electron chi connectivity index (χ2n) is 5.05. The number of hydrogen-bond acceptors (Lipinski definition) is 4. The summed E-state index contributed by atoms with van der Waals surface area (Å²) in [5, 5.41) is 0. The van der Waals surface area contributed by atoms with E-state index in [1.54, 1.807) is 20.3 Å². The third kappa shape index (κ3) is 3.95. The van der Waals surface area contributed by atoms with Crippen LogP contribution in [0.5, 0.6) is 11.5 Å². The van der Waals surface area contributed by atoms with Crippen molar-refractivity contribution >= 4 is 5.97 Å². The minimum absolute atomic E-state index is 0.212. The van der Waals surface area contributed by atoms with Crippen LogP contribution in [-0.2, 0) is 16.1 Å². The molecule has 0 unspecified atom stereocenters. The fourth-order valence-electron chi connectivity index (χ4n) is 1.32. The predicted octanol–water partition coefficient (Wildman–Crippen LogP) is 2.79. The molecule has 0 aromatic heterocycles. The molecule has 0 aliphatic rings. The summed E-state index contributed by atoms with van der Waals surface area (Å²) < 4.78 is 15.5. The molecule has 0 fully saturated rings. The van der Waals surface area contributed by atoms with Gasteiger partial charge in [-0.05, 0) is 38.5 Å². The molecule has 0 saturated heterocycles. The van der Waals surface area contributed by atoms with Crippen LogP contribution in [0.25, 0.3) is 0 Å². The lowest BCUT2D eigenvalue weighted by molar-refractivity contribution is -0.154. The highest BCUT2D eigenvalue weighted by molar-refractivity contribution is 5.75. The van der Waals surface area contributed by atoms with E-state index >= 15 is 0 Å². The second kappa shape index (κ2) is 5.76. The number of rotatable bonds is 4. The molecule has 1 aromatic rings. The molecule has 1 rings (SSSR count). The van der Waals surface area contributed by atoms with Gasteiger partial charge in [-0.25, -0.2) is 0 Å². The largest absolute Gasteiger partial charge is 0.497 e. The molecular weight excluding hydrogens is 232 g/mol. The number of carbonyl (C=O) groups excluding carboxylic acids is 1. The summed E-state index contributed by atoms with van der Waals surface area (Å²) in [5.41, 5.74) is 0.340. The normalized spacial score (nSPS) is 10.9. The number of methoxy groups -OCH3 is 2. The molecule has 0 spiro atoms. The smallest absolute Gasteiger partial charge is 0.311 e. The Kier molecular flexibility index (Phi) is 4.59. The molecule has 1 aromatic carbocycles. The average molecular weight is 252 g/mol. The van der Waals surface area contributed by atoms with Crippen molar-refractivity contribution in [2.24, 2.45) is 5.41 Å². The molecule has 0 heterocycles. The van der Waals surface area contributed by atoms with E-state index in [2.05, 4.69) is 0 Å². The summed E-state index contributed by atoms with van der Waals surface area (Å²) in [6, 6.07) is 5.41. The van der Waals surface area contributed by atoms with Crippen molar-refractivity contribution < 1.29 is 19.0 Å². The molecule has 100 valence electrons. The molecule has 4 heteroatoms. The number of hydrogen-bond donors (Lipinski definition) is 0. The number of benzene rings is 1. The second-order valence-corrected chi connectivity index (χ2v) is 5.05. The number of esters is 1. The van der Waals surface area contributed by atoms with Crippen molar-refractivity contribution in [2.45, 2.75) is 27.4 Å². The summed E-state index contributed by atoms with van der Waals surface area (Å²) in [7, 11) is 3.17. The van der Waals surface area contributed by atoms with E-state index in [0.29, 0.717) is 11.5 Å². The maximum absolute atomic E-state index is 11.7. The van der Waals surface area contributed by atoms with Crippen LogP contribution in [0, 0.1) is 5.41 Å². The molecular formula is C14H20O4. The Morgan fingerprint density at radius 2 is 1.56 bits per heavy atom. The van der Waals surface area contributed by atoms with Crippen LogP contribution in [0.3, 0.4) is 0 Å². The van der Waals surface area contributed by atoms with E-state index in [1.807, 2.05) is 32.9 Å². The molecule has 4 nitrogen and oxygen atoms in total. The van der Waals surface area contributed by atoms with Crippen LogP contribution in [0.15, 0.2) is 18.2 Å². The van der Waals surface area contributed by atoms with Crippen molar-refractivity contribution in [3.63, 3.8) is 0 Å². The summed E-state index contributed by atoms with van der Waals surface area (Å²) in [6.45, 7) is 5.67. The quantitative estimate of drug-likeness (QED) is 0.773. The summed E-state index contributed by atoms with van der Waals surface area (Å²) in [5.74, 6) is 1.12. The highest BCUT2D eigenvalue weighted by atomic mass is 16.5. The fourth-order valence-corrected chi connectivity index (χ4v) is 1.32. The highest BCUT2D eigenvalue weighted by Gasteiger charge is 2.23. The fraction of sp³-hybridized carbons (Fsp3) is 0.500. The highest BCUT2D eigenvalue weighted by Crippen LogP contribution is 2.24. The lowest BCUT2D eigenvalue weighted by Gasteiger charge is -2.17. The maximum Gasteiger partial charge on any atom is 0.311 e. The predicted molar refractivity (Wildman–Crippen MR) is 68.8 cm³/mol. The van der Waals surface area contributed by atoms with Gasteiger partial charge in [0.1, 0.15) is 18.1 Å². The van der Waals surface area contributed by atoms with Crippen molar-refractivity contribution in [3.05, 3.63) is 23.8 Å². The summed E-state index contributed by atoms with van der Waals surface area (Å²) in [6.07, 6.45) is 0. The van der Waals surface area contributed by atoms with Crippen molar-refractivity contribution in [1.82, 2.24) is 0 Å². The zero-order valence-electron chi connectivity index (χ0n) is 11.6. The van der Waals surface area contributed by atoms with Gasteiger partial charge in [-0.15, -0.1) is 0 Å². The first-order valence-corrected chi connectivity index (χ1v) is 5.76. The van der Waals surface area contributed by atoms with Crippen molar-refractivity contribution in [1.29, 1.82) is 0 Å². The lowest BCUT2D eigenvalue weighted by atomic mass is 9.97. The molecule has 0 radical (unpaired) electrons. The van der Waals surface area contributed by atoms with Crippen molar-refractivity contribution in [3.8, 4) is 11.5 Å². The van der Waals surface area contributed by atoms with E-state index in [0.717, 1.165) is 5.56 Å². The van der Waals surface area contributed by atoms with E-state index in [9.17, 15) is 4.79 Å². The first kappa shape index (κ1) is 14.4. The minimum Gasteiger partial charge on any atom is -0.497 e. The van der Waals surface area contributed by atoms with E-state index < -0.39 is 5.41 Å². The molecule has 18 heavy (non-hydrogen) atoms. The van der Waals surface area contributed by atoms with Crippen LogP contribution < -0.4 is 9.47 Å². The van der Waals surface area contributed by atoms with Gasteiger partial charge in [-0.1, -0.05) is 0 Å². The number of ether oxygens (including phenoxy) is 3. The third-order valence-corrected chi connectivity index (χ3v) is 2.39. The zero-order chi connectivity index (χ0) is 13.8. The van der Waals surface area contributed by atoms with Gasteiger partial charge >= 0.3 is 5.97 Å². The number of carbonyl (C=O) groups is 1. The zero-order valence-corrected chi connectivity index (χ0v) is 11.6. The van der Waals surface area contributed by atoms with Gasteiger partial charge in [0, 0.05) is 6.07 Å². The van der Waals surface area contributed by atoms with E-state index in [1.165, 1.54) is 0 Å². The van der Waals surface area contributed by atoms with Gasteiger partial charge in [0.15, 0.2) is 0 Å². The van der Waals surface area contributed by atoms with Crippen molar-refractivity contribution in [2.75, 3.05) is 14.2 Å². The molecule has 0 aliphatic heterocycles. The average Bonchev–Trinajstić information content (AvgIpc) is 2.34. The standard InChI is InChI=1S/C14H20O4/c1-14(2,3)13(15)18-9-10-6-11(16-4)8-12(7-10)17-5/h6-8H,9H2,1-5H3. The lowest BCUT2D eigenvalue weighted by Crippen LogP contribution is -2.22. The molecule has 0 bridgehead atoms. The van der Waals surface area contributed by atoms with Crippen LogP contribution >= 0.6 is 0 Å². The van der Waals surface area contributed by atoms with Gasteiger partial charge in [0.25, 0.3) is 0 Å². The molecule has 0 atom stereocenters. The van der Waals surface area contributed by atoms with Crippen LogP contribution in [0.2, 0.25) is 0 Å². The third-order valence-electron chi connectivity index (χ3n) is 2.39. The Morgan fingerprint density at radius 1 is 1.06 bits per heavy atom. The topological polar surface area (TPSA) is 44.8 Å². The van der Waals surface area contributed by atoms with Gasteiger partial charge in [-0.2, -0.15) is 0 Å². The minimum atomic E-state index is -0.497. The Morgan fingerprint density at radius 3 is 1.94 bits per heavy atom. The first-order chi connectivity index (χ1) is 8.36. The maximum atomic E-state index is 11.7. The van der Waals surface area contributed by atoms with Crippen LogP contribution in [0.4, 0.5) is 0 Å². The Labute approximate surface area is 108 Å². The molecule has 0 aliphatic carbocycles.